The molecule has 0 radical (unpaired) electrons. The Morgan fingerprint density at radius 1 is 1.30 bits per heavy atom. The summed E-state index contributed by atoms with van der Waals surface area (Å²) in [4.78, 5) is 0. The number of hydrazone groups is 1. The number of unbranched alkanes of at least 4 members (excludes halogenated alkanes) is 1. The summed E-state index contributed by atoms with van der Waals surface area (Å²) < 4.78 is 0. The van der Waals surface area contributed by atoms with Crippen LogP contribution in [-0.4, -0.2) is 17.3 Å². The summed E-state index contributed by atoms with van der Waals surface area (Å²) in [7, 11) is 0. The highest BCUT2D eigenvalue weighted by atomic mass is 15.5. The summed E-state index contributed by atoms with van der Waals surface area (Å²) in [5, 5.41) is 33.8. The fourth-order valence-electron chi connectivity index (χ4n) is 2.30. The molecule has 0 aromatic heterocycles. The van der Waals surface area contributed by atoms with E-state index in [-0.39, 0.29) is 11.4 Å². The molecule has 0 saturated carbocycles. The van der Waals surface area contributed by atoms with Gasteiger partial charge in [-0.05, 0) is 12.8 Å². The lowest BCUT2D eigenvalue weighted by molar-refractivity contribution is 0.223. The van der Waals surface area contributed by atoms with E-state index in [1.54, 1.807) is 6.21 Å². The molecule has 104 valence electrons. The number of hydrogen-bond donors (Lipinski definition) is 1. The van der Waals surface area contributed by atoms with Gasteiger partial charge in [0, 0.05) is 6.21 Å². The molecule has 0 aliphatic carbocycles. The lowest BCUT2D eigenvalue weighted by Gasteiger charge is -2.27. The second-order valence-corrected chi connectivity index (χ2v) is 4.64. The minimum atomic E-state index is -1.53. The van der Waals surface area contributed by atoms with Crippen LogP contribution in [0.4, 0.5) is 0 Å². The molecule has 1 heterocycles. The van der Waals surface area contributed by atoms with E-state index < -0.39 is 11.5 Å². The van der Waals surface area contributed by atoms with Crippen LogP contribution in [0.3, 0.4) is 0 Å². The monoisotopic (exact) mass is 270 g/mol. The van der Waals surface area contributed by atoms with Gasteiger partial charge in [-0.15, -0.1) is 0 Å². The van der Waals surface area contributed by atoms with Crippen molar-refractivity contribution in [1.82, 2.24) is 5.01 Å². The van der Waals surface area contributed by atoms with Crippen molar-refractivity contribution >= 4 is 6.21 Å². The zero-order chi connectivity index (χ0) is 15.2. The van der Waals surface area contributed by atoms with Gasteiger partial charge in [-0.25, -0.2) is 5.01 Å². The van der Waals surface area contributed by atoms with Crippen molar-refractivity contribution in [3.8, 4) is 18.2 Å². The molecule has 20 heavy (non-hydrogen) atoms. The zero-order valence-corrected chi connectivity index (χ0v) is 11.8. The molecule has 1 aliphatic heterocycles. The number of nitrogens with zero attached hydrogens (tertiary/aromatic N) is 5. The van der Waals surface area contributed by atoms with Crippen molar-refractivity contribution in [1.29, 1.82) is 15.8 Å². The smallest absolute Gasteiger partial charge is 0.204 e. The van der Waals surface area contributed by atoms with Crippen LogP contribution in [0.1, 0.15) is 39.5 Å². The summed E-state index contributed by atoms with van der Waals surface area (Å²) in [5.41, 5.74) is 4.41. The Morgan fingerprint density at radius 2 is 1.95 bits per heavy atom. The van der Waals surface area contributed by atoms with Crippen molar-refractivity contribution in [3.63, 3.8) is 0 Å². The minimum absolute atomic E-state index is 0.00889. The molecule has 6 heteroatoms. The van der Waals surface area contributed by atoms with Gasteiger partial charge in [0.1, 0.15) is 17.5 Å². The third-order valence-corrected chi connectivity index (χ3v) is 3.34. The summed E-state index contributed by atoms with van der Waals surface area (Å²) in [6, 6.07) is 5.35. The molecule has 0 saturated heterocycles. The van der Waals surface area contributed by atoms with Gasteiger partial charge in [0.25, 0.3) is 0 Å². The molecular formula is C14H18N6. The van der Waals surface area contributed by atoms with Gasteiger partial charge < -0.3 is 5.73 Å². The predicted octanol–water partition coefficient (Wildman–Crippen LogP) is 1.98. The SMILES string of the molecule is CCC/C=N\N1C(N)=C(C#N)C(C#N)(C#N)[C@@H]1CCC. The van der Waals surface area contributed by atoms with E-state index in [4.69, 9.17) is 5.73 Å². The van der Waals surface area contributed by atoms with Crippen LogP contribution in [0.15, 0.2) is 16.5 Å². The highest BCUT2D eigenvalue weighted by Crippen LogP contribution is 2.43. The molecular weight excluding hydrogens is 252 g/mol. The van der Waals surface area contributed by atoms with Crippen molar-refractivity contribution in [2.45, 2.75) is 45.6 Å². The first kappa shape index (κ1) is 15.5. The van der Waals surface area contributed by atoms with Gasteiger partial charge in [-0.1, -0.05) is 26.7 Å². The Morgan fingerprint density at radius 3 is 2.40 bits per heavy atom. The molecule has 1 rings (SSSR count). The quantitative estimate of drug-likeness (QED) is 0.767. The topological polar surface area (TPSA) is 113 Å². The molecule has 6 nitrogen and oxygen atoms in total. The van der Waals surface area contributed by atoms with Crippen molar-refractivity contribution in [2.24, 2.45) is 16.3 Å². The Hall–Kier alpha value is -2.52. The fraction of sp³-hybridized carbons (Fsp3) is 0.571. The number of nitrogens with two attached hydrogens (primary N) is 1. The molecule has 1 atom stereocenters. The Kier molecular flexibility index (Phi) is 5.12. The summed E-state index contributed by atoms with van der Waals surface area (Å²) in [6.07, 6.45) is 4.75. The molecule has 0 aromatic rings. The van der Waals surface area contributed by atoms with Crippen LogP contribution in [-0.2, 0) is 0 Å². The average molecular weight is 270 g/mol. The molecule has 0 unspecified atom stereocenters. The second-order valence-electron chi connectivity index (χ2n) is 4.64. The highest BCUT2D eigenvalue weighted by molar-refractivity contribution is 5.58. The first-order chi connectivity index (χ1) is 9.62. The van der Waals surface area contributed by atoms with E-state index >= 15 is 0 Å². The third-order valence-electron chi connectivity index (χ3n) is 3.34. The highest BCUT2D eigenvalue weighted by Gasteiger charge is 2.54. The largest absolute Gasteiger partial charge is 0.383 e. The van der Waals surface area contributed by atoms with Crippen molar-refractivity contribution < 1.29 is 0 Å². The Bertz CT molecular complexity index is 525. The summed E-state index contributed by atoms with van der Waals surface area (Å²) in [5.74, 6) is 0.112. The molecule has 0 spiro atoms. The molecule has 0 fully saturated rings. The first-order valence-corrected chi connectivity index (χ1v) is 6.67. The maximum atomic E-state index is 9.43. The fourth-order valence-corrected chi connectivity index (χ4v) is 2.30. The summed E-state index contributed by atoms with van der Waals surface area (Å²) >= 11 is 0. The lowest BCUT2D eigenvalue weighted by atomic mass is 9.77. The van der Waals surface area contributed by atoms with Crippen LogP contribution in [0, 0.1) is 39.4 Å². The van der Waals surface area contributed by atoms with Crippen LogP contribution in [0.25, 0.3) is 0 Å². The van der Waals surface area contributed by atoms with Gasteiger partial charge >= 0.3 is 0 Å². The maximum absolute atomic E-state index is 9.43. The minimum Gasteiger partial charge on any atom is -0.383 e. The normalized spacial score (nSPS) is 20.8. The first-order valence-electron chi connectivity index (χ1n) is 6.67. The van der Waals surface area contributed by atoms with Gasteiger partial charge in [-0.3, -0.25) is 0 Å². The predicted molar refractivity (Wildman–Crippen MR) is 74.4 cm³/mol. The number of nitriles is 3. The average Bonchev–Trinajstić information content (AvgIpc) is 2.69. The van der Waals surface area contributed by atoms with Crippen LogP contribution in [0.2, 0.25) is 0 Å². The Labute approximate surface area is 119 Å². The maximum Gasteiger partial charge on any atom is 0.204 e. The third kappa shape index (κ3) is 2.31. The van der Waals surface area contributed by atoms with Crippen LogP contribution < -0.4 is 5.73 Å². The molecule has 1 aliphatic rings. The standard InChI is InChI=1S/C14H18N6/c1-3-5-7-19-20-12(6-4-2)14(9-16,10-17)11(8-15)13(20)18/h7,12H,3-6,18H2,1-2H3/b19-7-/t12-/m0/s1. The molecule has 2 N–H and O–H groups in total. The van der Waals surface area contributed by atoms with Crippen LogP contribution >= 0.6 is 0 Å². The second kappa shape index (κ2) is 6.59. The molecule has 0 bridgehead atoms. The van der Waals surface area contributed by atoms with E-state index in [0.29, 0.717) is 6.42 Å². The van der Waals surface area contributed by atoms with E-state index in [2.05, 4.69) is 5.10 Å². The lowest BCUT2D eigenvalue weighted by Crippen LogP contribution is -2.38. The number of hydrogen-bond acceptors (Lipinski definition) is 6. The van der Waals surface area contributed by atoms with E-state index in [1.807, 2.05) is 32.1 Å². The van der Waals surface area contributed by atoms with Gasteiger partial charge in [0.15, 0.2) is 0 Å². The van der Waals surface area contributed by atoms with Gasteiger partial charge in [-0.2, -0.15) is 20.9 Å². The zero-order valence-electron chi connectivity index (χ0n) is 11.8. The van der Waals surface area contributed by atoms with E-state index in [0.717, 1.165) is 19.3 Å². The molecule has 0 amide bonds. The molecule has 0 aromatic carbocycles. The van der Waals surface area contributed by atoms with Crippen molar-refractivity contribution in [3.05, 3.63) is 11.4 Å². The Balaban J connectivity index is 3.32. The van der Waals surface area contributed by atoms with Crippen LogP contribution in [0.5, 0.6) is 0 Å². The van der Waals surface area contributed by atoms with E-state index in [1.165, 1.54) is 5.01 Å². The number of rotatable bonds is 5. The summed E-state index contributed by atoms with van der Waals surface area (Å²) in [6.45, 7) is 3.97. The van der Waals surface area contributed by atoms with Crippen molar-refractivity contribution in [2.75, 3.05) is 0 Å². The van der Waals surface area contributed by atoms with E-state index in [9.17, 15) is 15.8 Å². The van der Waals surface area contributed by atoms with Gasteiger partial charge in [0.05, 0.1) is 18.2 Å². The van der Waals surface area contributed by atoms with Gasteiger partial charge in [0.2, 0.25) is 5.41 Å².